The van der Waals surface area contributed by atoms with E-state index in [4.69, 9.17) is 0 Å². The fourth-order valence-electron chi connectivity index (χ4n) is 2.06. The molecular weight excluding hydrogens is 306 g/mol. The van der Waals surface area contributed by atoms with Gasteiger partial charge in [-0.05, 0) is 32.5 Å². The first-order valence-corrected chi connectivity index (χ1v) is 8.44. The van der Waals surface area contributed by atoms with Crippen LogP contribution < -0.4 is 10.6 Å². The third-order valence-corrected chi connectivity index (χ3v) is 3.85. The molecule has 0 amide bonds. The van der Waals surface area contributed by atoms with Crippen LogP contribution >= 0.6 is 11.8 Å². The summed E-state index contributed by atoms with van der Waals surface area (Å²) in [5.74, 6) is 0.508. The Morgan fingerprint density at radius 1 is 1.27 bits per heavy atom. The van der Waals surface area contributed by atoms with Crippen LogP contribution in [0.3, 0.4) is 0 Å². The highest BCUT2D eigenvalue weighted by Crippen LogP contribution is 2.23. The lowest BCUT2D eigenvalue weighted by molar-refractivity contribution is 0.282. The number of thioether (sulfide) groups is 1. The van der Waals surface area contributed by atoms with Crippen molar-refractivity contribution < 1.29 is 8.78 Å². The maximum Gasteiger partial charge on any atom is 0.191 e. The summed E-state index contributed by atoms with van der Waals surface area (Å²) in [5, 5.41) is 6.27. The smallest absolute Gasteiger partial charge is 0.191 e. The van der Waals surface area contributed by atoms with E-state index < -0.39 is 17.7 Å². The highest BCUT2D eigenvalue weighted by Gasteiger charge is 2.22. The minimum atomic E-state index is -0.536. The summed E-state index contributed by atoms with van der Waals surface area (Å²) in [6.45, 7) is 1.13. The SMILES string of the molecule is CN=C(NCCSC)NCC(c1c(F)cccc1F)N(C)C. The summed E-state index contributed by atoms with van der Waals surface area (Å²) < 4.78 is 27.9. The monoisotopic (exact) mass is 330 g/mol. The first-order chi connectivity index (χ1) is 10.5. The van der Waals surface area contributed by atoms with Crippen LogP contribution in [0.15, 0.2) is 23.2 Å². The van der Waals surface area contributed by atoms with Gasteiger partial charge in [0.25, 0.3) is 0 Å². The predicted octanol–water partition coefficient (Wildman–Crippen LogP) is 2.10. The van der Waals surface area contributed by atoms with Crippen LogP contribution in [0.2, 0.25) is 0 Å². The van der Waals surface area contributed by atoms with Gasteiger partial charge in [-0.25, -0.2) is 8.78 Å². The van der Waals surface area contributed by atoms with Gasteiger partial charge in [0.05, 0.1) is 6.04 Å². The van der Waals surface area contributed by atoms with E-state index in [0.29, 0.717) is 12.5 Å². The predicted molar refractivity (Wildman–Crippen MR) is 90.5 cm³/mol. The normalized spacial score (nSPS) is 13.3. The minimum Gasteiger partial charge on any atom is -0.356 e. The molecule has 0 fully saturated rings. The Balaban J connectivity index is 2.77. The standard InChI is InChI=1S/C15H24F2N4S/c1-18-15(19-8-9-22-4)20-10-13(21(2)3)14-11(16)6-5-7-12(14)17/h5-7,13H,8-10H2,1-4H3,(H2,18,19,20). The van der Waals surface area contributed by atoms with E-state index in [0.717, 1.165) is 12.3 Å². The number of likely N-dealkylation sites (N-methyl/N-ethyl adjacent to an activating group) is 1. The van der Waals surface area contributed by atoms with Gasteiger partial charge in [0, 0.05) is 31.5 Å². The molecule has 0 aliphatic heterocycles. The van der Waals surface area contributed by atoms with E-state index in [9.17, 15) is 8.78 Å². The van der Waals surface area contributed by atoms with Crippen molar-refractivity contribution in [2.75, 3.05) is 46.2 Å². The second kappa shape index (κ2) is 9.63. The quantitative estimate of drug-likeness (QED) is 0.456. The van der Waals surface area contributed by atoms with E-state index in [1.807, 2.05) is 6.26 Å². The number of nitrogens with one attached hydrogen (secondary N) is 2. The maximum atomic E-state index is 14.0. The minimum absolute atomic E-state index is 0.0690. The Kier molecular flexibility index (Phi) is 8.19. The molecule has 1 aromatic rings. The molecule has 0 aromatic heterocycles. The van der Waals surface area contributed by atoms with Gasteiger partial charge in [-0.15, -0.1) is 0 Å². The fourth-order valence-corrected chi connectivity index (χ4v) is 2.36. The molecule has 124 valence electrons. The lowest BCUT2D eigenvalue weighted by atomic mass is 10.0. The Labute approximate surface area is 135 Å². The Morgan fingerprint density at radius 3 is 2.41 bits per heavy atom. The van der Waals surface area contributed by atoms with Crippen LogP contribution in [0.25, 0.3) is 0 Å². The van der Waals surface area contributed by atoms with Crippen molar-refractivity contribution in [1.82, 2.24) is 15.5 Å². The Hall–Kier alpha value is -1.34. The van der Waals surface area contributed by atoms with Crippen molar-refractivity contribution in [3.05, 3.63) is 35.4 Å². The number of halogens is 2. The molecule has 1 rings (SSSR count). The zero-order valence-corrected chi connectivity index (χ0v) is 14.3. The summed E-state index contributed by atoms with van der Waals surface area (Å²) in [7, 11) is 5.26. The van der Waals surface area contributed by atoms with Gasteiger partial charge < -0.3 is 15.5 Å². The summed E-state index contributed by atoms with van der Waals surface area (Å²) in [4.78, 5) is 5.89. The van der Waals surface area contributed by atoms with E-state index >= 15 is 0 Å². The number of aliphatic imine (C=N–C) groups is 1. The van der Waals surface area contributed by atoms with E-state index in [-0.39, 0.29) is 5.56 Å². The number of rotatable bonds is 7. The van der Waals surface area contributed by atoms with E-state index in [1.54, 1.807) is 37.8 Å². The number of hydrogen-bond donors (Lipinski definition) is 2. The first-order valence-electron chi connectivity index (χ1n) is 7.05. The second-order valence-electron chi connectivity index (χ2n) is 4.99. The van der Waals surface area contributed by atoms with E-state index in [1.165, 1.54) is 18.2 Å². The number of hydrogen-bond acceptors (Lipinski definition) is 3. The molecule has 22 heavy (non-hydrogen) atoms. The molecule has 4 nitrogen and oxygen atoms in total. The van der Waals surface area contributed by atoms with Gasteiger partial charge in [-0.3, -0.25) is 4.99 Å². The van der Waals surface area contributed by atoms with Crippen molar-refractivity contribution in [2.45, 2.75) is 6.04 Å². The average Bonchev–Trinajstić information content (AvgIpc) is 2.47. The zero-order chi connectivity index (χ0) is 16.5. The molecule has 0 spiro atoms. The van der Waals surface area contributed by atoms with Crippen molar-refractivity contribution in [1.29, 1.82) is 0 Å². The van der Waals surface area contributed by atoms with Gasteiger partial charge in [0.2, 0.25) is 0 Å². The summed E-state index contributed by atoms with van der Waals surface area (Å²) in [6, 6.07) is 3.50. The number of nitrogens with zero attached hydrogens (tertiary/aromatic N) is 2. The summed E-state index contributed by atoms with van der Waals surface area (Å²) in [6.07, 6.45) is 2.03. The van der Waals surface area contributed by atoms with Crippen LogP contribution in [0.4, 0.5) is 8.78 Å². The van der Waals surface area contributed by atoms with Crippen molar-refractivity contribution in [3.63, 3.8) is 0 Å². The molecule has 1 unspecified atom stereocenters. The second-order valence-corrected chi connectivity index (χ2v) is 5.97. The van der Waals surface area contributed by atoms with Crippen molar-refractivity contribution >= 4 is 17.7 Å². The highest BCUT2D eigenvalue weighted by atomic mass is 32.2. The van der Waals surface area contributed by atoms with Crippen molar-refractivity contribution in [3.8, 4) is 0 Å². The third kappa shape index (κ3) is 5.46. The molecule has 0 saturated heterocycles. The fraction of sp³-hybridized carbons (Fsp3) is 0.533. The van der Waals surface area contributed by atoms with E-state index in [2.05, 4.69) is 15.6 Å². The van der Waals surface area contributed by atoms with Gasteiger partial charge in [0.1, 0.15) is 11.6 Å². The molecule has 0 aliphatic carbocycles. The maximum absolute atomic E-state index is 14.0. The summed E-state index contributed by atoms with van der Waals surface area (Å²) >= 11 is 1.73. The van der Waals surface area contributed by atoms with Gasteiger partial charge in [0.15, 0.2) is 5.96 Å². The van der Waals surface area contributed by atoms with Crippen LogP contribution in [0.5, 0.6) is 0 Å². The zero-order valence-electron chi connectivity index (χ0n) is 13.5. The molecule has 0 aliphatic rings. The third-order valence-electron chi connectivity index (χ3n) is 3.24. The van der Waals surface area contributed by atoms with Gasteiger partial charge in [-0.1, -0.05) is 6.07 Å². The largest absolute Gasteiger partial charge is 0.356 e. The average molecular weight is 330 g/mol. The molecule has 0 bridgehead atoms. The van der Waals surface area contributed by atoms with Crippen LogP contribution in [0, 0.1) is 11.6 Å². The lowest BCUT2D eigenvalue weighted by Gasteiger charge is -2.26. The number of benzene rings is 1. The van der Waals surface area contributed by atoms with Gasteiger partial charge >= 0.3 is 0 Å². The highest BCUT2D eigenvalue weighted by molar-refractivity contribution is 7.98. The first kappa shape index (κ1) is 18.7. The molecule has 2 N–H and O–H groups in total. The molecule has 1 aromatic carbocycles. The summed E-state index contributed by atoms with van der Waals surface area (Å²) in [5.41, 5.74) is 0.0690. The van der Waals surface area contributed by atoms with Crippen LogP contribution in [-0.4, -0.2) is 57.1 Å². The Morgan fingerprint density at radius 2 is 1.91 bits per heavy atom. The molecule has 7 heteroatoms. The van der Waals surface area contributed by atoms with Crippen LogP contribution in [-0.2, 0) is 0 Å². The lowest BCUT2D eigenvalue weighted by Crippen LogP contribution is -2.42. The Bertz CT molecular complexity index is 474. The van der Waals surface area contributed by atoms with Gasteiger partial charge in [-0.2, -0.15) is 11.8 Å². The molecule has 0 heterocycles. The molecule has 1 atom stereocenters. The number of guanidine groups is 1. The molecule has 0 saturated carbocycles. The molecule has 0 radical (unpaired) electrons. The molecular formula is C15H24F2N4S. The topological polar surface area (TPSA) is 39.7 Å². The van der Waals surface area contributed by atoms with Crippen molar-refractivity contribution in [2.24, 2.45) is 4.99 Å². The van der Waals surface area contributed by atoms with Crippen LogP contribution in [0.1, 0.15) is 11.6 Å².